The third-order valence-electron chi connectivity index (χ3n) is 1.43. The Morgan fingerprint density at radius 1 is 1.19 bits per heavy atom. The van der Waals surface area contributed by atoms with Gasteiger partial charge in [0.05, 0.1) is 44.2 Å². The van der Waals surface area contributed by atoms with Gasteiger partial charge >= 0.3 is 0 Å². The lowest BCUT2D eigenvalue weighted by molar-refractivity contribution is -0.114. The zero-order chi connectivity index (χ0) is 17.4. The van der Waals surface area contributed by atoms with Gasteiger partial charge in [-0.15, -0.1) is 0 Å². The van der Waals surface area contributed by atoms with Crippen molar-refractivity contribution in [2.75, 3.05) is 19.8 Å². The highest BCUT2D eigenvalue weighted by atomic mass is 16.6. The van der Waals surface area contributed by atoms with Crippen molar-refractivity contribution in [2.24, 2.45) is 0 Å². The van der Waals surface area contributed by atoms with Crippen LogP contribution in [-0.4, -0.2) is 65.3 Å². The number of aliphatic hydroxyl groups is 3. The molecule has 1 aliphatic heterocycles. The highest BCUT2D eigenvalue weighted by molar-refractivity contribution is 5.72. The second-order valence-corrected chi connectivity index (χ2v) is 5.31. The molecular weight excluding hydrogens is 276 g/mol. The number of aliphatic hydroxyl groups excluding tert-OH is 3. The fourth-order valence-electron chi connectivity index (χ4n) is 0.428. The summed E-state index contributed by atoms with van der Waals surface area (Å²) >= 11 is 0. The molecule has 1 aliphatic rings. The van der Waals surface area contributed by atoms with Gasteiger partial charge in [-0.3, -0.25) is 0 Å². The third kappa shape index (κ3) is 66.3. The Hall–Kier alpha value is -0.530. The summed E-state index contributed by atoms with van der Waals surface area (Å²) in [5, 5.41) is 24.7. The van der Waals surface area contributed by atoms with E-state index in [4.69, 9.17) is 24.8 Å². The molecule has 0 saturated carbocycles. The monoisotopic (exact) mass is 310 g/mol. The first kappa shape index (κ1) is 25.4. The minimum Gasteiger partial charge on any atom is -0.394 e. The van der Waals surface area contributed by atoms with Gasteiger partial charge in [0.1, 0.15) is 5.78 Å². The van der Waals surface area contributed by atoms with Crippen molar-refractivity contribution < 1.29 is 29.6 Å². The third-order valence-corrected chi connectivity index (χ3v) is 1.43. The van der Waals surface area contributed by atoms with Crippen LogP contribution in [0.4, 0.5) is 0 Å². The quantitative estimate of drug-likeness (QED) is 0.674. The predicted molar refractivity (Wildman–Crippen MR) is 83.3 cm³/mol. The Morgan fingerprint density at radius 2 is 1.48 bits per heavy atom. The molecule has 1 fully saturated rings. The van der Waals surface area contributed by atoms with E-state index in [9.17, 15) is 4.79 Å². The Balaban J connectivity index is -0.000000216. The van der Waals surface area contributed by atoms with Crippen LogP contribution in [0.5, 0.6) is 0 Å². The van der Waals surface area contributed by atoms with Gasteiger partial charge in [-0.1, -0.05) is 0 Å². The molecule has 0 amide bonds. The summed E-state index contributed by atoms with van der Waals surface area (Å²) in [6, 6.07) is 0. The normalized spacial score (nSPS) is 18.0. The number of ketones is 1. The Bertz CT molecular complexity index is 200. The lowest BCUT2D eigenvalue weighted by Crippen LogP contribution is -2.14. The number of Topliss-reactive ketones (excluding diaryl/α,β-unsaturated/α-hetero) is 1. The average molecular weight is 310 g/mol. The first-order valence-corrected chi connectivity index (χ1v) is 7.20. The van der Waals surface area contributed by atoms with E-state index in [0.717, 1.165) is 6.61 Å². The Morgan fingerprint density at radius 3 is 1.52 bits per heavy atom. The van der Waals surface area contributed by atoms with E-state index >= 15 is 0 Å². The second-order valence-electron chi connectivity index (χ2n) is 5.31. The molecule has 1 heterocycles. The van der Waals surface area contributed by atoms with Gasteiger partial charge in [0.15, 0.2) is 0 Å². The summed E-state index contributed by atoms with van der Waals surface area (Å²) in [5.74, 6) is 0.167. The highest BCUT2D eigenvalue weighted by Gasteiger charge is 2.13. The molecule has 3 atom stereocenters. The van der Waals surface area contributed by atoms with Gasteiger partial charge in [-0.25, -0.2) is 0 Å². The molecule has 0 radical (unpaired) electrons. The molecular formula is C15H34O6. The molecule has 0 spiro atoms. The molecule has 1 rings (SSSR count). The van der Waals surface area contributed by atoms with E-state index in [1.165, 1.54) is 20.8 Å². The van der Waals surface area contributed by atoms with Crippen molar-refractivity contribution in [1.29, 1.82) is 0 Å². The maximum Gasteiger partial charge on any atom is 0.126 e. The van der Waals surface area contributed by atoms with E-state index in [2.05, 4.69) is 6.92 Å². The van der Waals surface area contributed by atoms with Gasteiger partial charge in [-0.2, -0.15) is 0 Å². The number of rotatable bonds is 4. The summed E-state index contributed by atoms with van der Waals surface area (Å²) in [6.45, 7) is 13.5. The molecule has 0 aromatic heterocycles. The van der Waals surface area contributed by atoms with E-state index in [1.807, 2.05) is 13.8 Å². The van der Waals surface area contributed by atoms with Crippen LogP contribution in [0.15, 0.2) is 0 Å². The maximum atomic E-state index is 9.44. The van der Waals surface area contributed by atoms with Gasteiger partial charge in [0.2, 0.25) is 0 Å². The van der Waals surface area contributed by atoms with E-state index in [-0.39, 0.29) is 24.6 Å². The average Bonchev–Trinajstić information content (AvgIpc) is 3.10. The minimum absolute atomic E-state index is 0.139. The standard InChI is InChI=1S/C6H14O2.C3H8O2.2C3H6O/c1-5(2)8-4-6(3)7;1-3(5)2-4;1-3-2-4-3;1-3(2)4/h5-7H,4H2,1-3H3;3-5H,2H2,1H3;3H,2H2,1H3;1-2H3. The molecule has 3 N–H and O–H groups in total. The van der Waals surface area contributed by atoms with Crippen LogP contribution < -0.4 is 0 Å². The zero-order valence-corrected chi connectivity index (χ0v) is 14.5. The lowest BCUT2D eigenvalue weighted by atomic mass is 10.4. The van der Waals surface area contributed by atoms with Gasteiger partial charge in [0.25, 0.3) is 0 Å². The molecule has 6 nitrogen and oxygen atoms in total. The Kier molecular flexibility index (Phi) is 21.2. The topological polar surface area (TPSA) is 99.5 Å². The van der Waals surface area contributed by atoms with Crippen LogP contribution in [0.1, 0.15) is 48.5 Å². The second kappa shape index (κ2) is 17.5. The maximum absolute atomic E-state index is 9.44. The van der Waals surface area contributed by atoms with Crippen LogP contribution in [-0.2, 0) is 14.3 Å². The Labute approximate surface area is 129 Å². The van der Waals surface area contributed by atoms with Crippen molar-refractivity contribution >= 4 is 5.78 Å². The lowest BCUT2D eigenvalue weighted by Gasteiger charge is -2.07. The summed E-state index contributed by atoms with van der Waals surface area (Å²) in [6.07, 6.45) is -0.0861. The zero-order valence-electron chi connectivity index (χ0n) is 14.5. The first-order chi connectivity index (χ1) is 9.52. The predicted octanol–water partition coefficient (Wildman–Crippen LogP) is 1.15. The fraction of sp³-hybridized carbons (Fsp3) is 0.933. The number of carbonyl (C=O) groups is 1. The summed E-state index contributed by atoms with van der Waals surface area (Å²) in [5.41, 5.74) is 0. The number of carbonyl (C=O) groups excluding carboxylic acids is 1. The van der Waals surface area contributed by atoms with Crippen molar-refractivity contribution in [2.45, 2.75) is 72.9 Å². The summed E-state index contributed by atoms with van der Waals surface area (Å²) in [7, 11) is 0. The van der Waals surface area contributed by atoms with Crippen LogP contribution in [0.3, 0.4) is 0 Å². The molecule has 0 aromatic carbocycles. The first-order valence-electron chi connectivity index (χ1n) is 7.20. The minimum atomic E-state index is -0.560. The van der Waals surface area contributed by atoms with Gasteiger partial charge < -0.3 is 29.6 Å². The molecule has 3 unspecified atom stereocenters. The molecule has 0 aliphatic carbocycles. The number of ether oxygens (including phenoxy) is 2. The van der Waals surface area contributed by atoms with Crippen molar-refractivity contribution in [3.63, 3.8) is 0 Å². The van der Waals surface area contributed by atoms with E-state index in [1.54, 1.807) is 6.92 Å². The van der Waals surface area contributed by atoms with Crippen LogP contribution >= 0.6 is 0 Å². The molecule has 0 aromatic rings. The number of hydrogen-bond donors (Lipinski definition) is 3. The molecule has 0 bridgehead atoms. The summed E-state index contributed by atoms with van der Waals surface area (Å²) < 4.78 is 9.76. The number of hydrogen-bond acceptors (Lipinski definition) is 6. The largest absolute Gasteiger partial charge is 0.394 e. The van der Waals surface area contributed by atoms with Crippen LogP contribution in [0.2, 0.25) is 0 Å². The van der Waals surface area contributed by atoms with Gasteiger partial charge in [0, 0.05) is 0 Å². The number of epoxide rings is 1. The van der Waals surface area contributed by atoms with Crippen LogP contribution in [0, 0.1) is 0 Å². The molecule has 6 heteroatoms. The van der Waals surface area contributed by atoms with Gasteiger partial charge in [-0.05, 0) is 48.5 Å². The smallest absolute Gasteiger partial charge is 0.126 e. The van der Waals surface area contributed by atoms with Crippen molar-refractivity contribution in [1.82, 2.24) is 0 Å². The van der Waals surface area contributed by atoms with E-state index < -0.39 is 6.10 Å². The fourth-order valence-corrected chi connectivity index (χ4v) is 0.428. The van der Waals surface area contributed by atoms with Crippen LogP contribution in [0.25, 0.3) is 0 Å². The van der Waals surface area contributed by atoms with Crippen molar-refractivity contribution in [3.8, 4) is 0 Å². The van der Waals surface area contributed by atoms with E-state index in [0.29, 0.717) is 12.7 Å². The van der Waals surface area contributed by atoms with Crippen molar-refractivity contribution in [3.05, 3.63) is 0 Å². The molecule has 130 valence electrons. The highest BCUT2D eigenvalue weighted by Crippen LogP contribution is 2.04. The SMILES string of the molecule is CC(C)=O.CC(O)CO.CC(O)COC(C)C.CC1CO1. The molecule has 21 heavy (non-hydrogen) atoms. The summed E-state index contributed by atoms with van der Waals surface area (Å²) in [4.78, 5) is 9.44. The molecule has 1 saturated heterocycles.